The highest BCUT2D eigenvalue weighted by atomic mass is 14.6. The van der Waals surface area contributed by atoms with Gasteiger partial charge in [-0.2, -0.15) is 0 Å². The standard InChI is InChI=1S/C13H16N2/c14-12-5-1-10(2-6-12)9-11-3-7-13(15)8-4-11/h1-7,13H,8-9,14-15H2. The summed E-state index contributed by atoms with van der Waals surface area (Å²) in [5.41, 5.74) is 14.8. The molecule has 0 aromatic heterocycles. The van der Waals surface area contributed by atoms with Crippen LogP contribution in [0.4, 0.5) is 5.69 Å². The maximum Gasteiger partial charge on any atom is 0.0314 e. The average Bonchev–Trinajstić information content (AvgIpc) is 2.25. The Morgan fingerprint density at radius 2 is 1.93 bits per heavy atom. The first-order chi connectivity index (χ1) is 7.24. The first-order valence-corrected chi connectivity index (χ1v) is 5.21. The molecule has 1 atom stereocenters. The lowest BCUT2D eigenvalue weighted by molar-refractivity contribution is 0.813. The Kier molecular flexibility index (Phi) is 2.88. The van der Waals surface area contributed by atoms with Crippen molar-refractivity contribution in [1.29, 1.82) is 0 Å². The van der Waals surface area contributed by atoms with Gasteiger partial charge in [0.2, 0.25) is 0 Å². The summed E-state index contributed by atoms with van der Waals surface area (Å²) < 4.78 is 0. The summed E-state index contributed by atoms with van der Waals surface area (Å²) in [6, 6.07) is 8.21. The third-order valence-corrected chi connectivity index (χ3v) is 2.60. The van der Waals surface area contributed by atoms with Crippen molar-refractivity contribution in [3.63, 3.8) is 0 Å². The molecule has 1 unspecified atom stereocenters. The first kappa shape index (κ1) is 9.99. The monoisotopic (exact) mass is 200 g/mol. The second kappa shape index (κ2) is 4.32. The molecule has 1 aliphatic carbocycles. The van der Waals surface area contributed by atoms with Crippen LogP contribution >= 0.6 is 0 Å². The normalized spacial score (nSPS) is 20.1. The van der Waals surface area contributed by atoms with Gasteiger partial charge < -0.3 is 11.5 Å². The molecule has 2 rings (SSSR count). The highest BCUT2D eigenvalue weighted by Crippen LogP contribution is 2.15. The summed E-state index contributed by atoms with van der Waals surface area (Å²) in [7, 11) is 0. The Morgan fingerprint density at radius 1 is 1.20 bits per heavy atom. The Balaban J connectivity index is 2.04. The van der Waals surface area contributed by atoms with Crippen LogP contribution in [0.15, 0.2) is 48.1 Å². The molecule has 0 heterocycles. The second-order valence-electron chi connectivity index (χ2n) is 3.96. The van der Waals surface area contributed by atoms with Gasteiger partial charge in [-0.05, 0) is 36.1 Å². The van der Waals surface area contributed by atoms with Crippen LogP contribution in [0.25, 0.3) is 0 Å². The predicted octanol–water partition coefficient (Wildman–Crippen LogP) is 2.02. The van der Waals surface area contributed by atoms with Crippen LogP contribution in [0.2, 0.25) is 0 Å². The van der Waals surface area contributed by atoms with E-state index in [0.29, 0.717) is 0 Å². The minimum atomic E-state index is 0.195. The number of allylic oxidation sites excluding steroid dienone is 2. The Morgan fingerprint density at radius 3 is 2.53 bits per heavy atom. The van der Waals surface area contributed by atoms with Crippen molar-refractivity contribution >= 4 is 5.69 Å². The molecule has 0 saturated heterocycles. The smallest absolute Gasteiger partial charge is 0.0314 e. The Bertz CT molecular complexity index is 388. The van der Waals surface area contributed by atoms with Crippen molar-refractivity contribution in [2.24, 2.45) is 5.73 Å². The van der Waals surface area contributed by atoms with E-state index < -0.39 is 0 Å². The van der Waals surface area contributed by atoms with Crippen molar-refractivity contribution < 1.29 is 0 Å². The predicted molar refractivity (Wildman–Crippen MR) is 64.4 cm³/mol. The maximum atomic E-state index is 5.76. The van der Waals surface area contributed by atoms with E-state index in [2.05, 4.69) is 30.4 Å². The van der Waals surface area contributed by atoms with Crippen LogP contribution in [0.3, 0.4) is 0 Å². The highest BCUT2D eigenvalue weighted by Gasteiger charge is 2.04. The van der Waals surface area contributed by atoms with E-state index in [9.17, 15) is 0 Å². The number of nitrogens with two attached hydrogens (primary N) is 2. The third-order valence-electron chi connectivity index (χ3n) is 2.60. The number of hydrogen-bond acceptors (Lipinski definition) is 2. The summed E-state index contributed by atoms with van der Waals surface area (Å²) in [5, 5.41) is 0. The third kappa shape index (κ3) is 2.70. The van der Waals surface area contributed by atoms with Crippen LogP contribution in [-0.2, 0) is 6.42 Å². The van der Waals surface area contributed by atoms with Gasteiger partial charge in [-0.3, -0.25) is 0 Å². The van der Waals surface area contributed by atoms with E-state index in [-0.39, 0.29) is 6.04 Å². The zero-order valence-electron chi connectivity index (χ0n) is 8.69. The minimum Gasteiger partial charge on any atom is -0.399 e. The molecular formula is C13H16N2. The van der Waals surface area contributed by atoms with Crippen molar-refractivity contribution in [3.05, 3.63) is 53.6 Å². The van der Waals surface area contributed by atoms with Crippen molar-refractivity contribution in [3.8, 4) is 0 Å². The van der Waals surface area contributed by atoms with Crippen LogP contribution < -0.4 is 11.5 Å². The zero-order valence-corrected chi connectivity index (χ0v) is 8.69. The van der Waals surface area contributed by atoms with Gasteiger partial charge in [0.1, 0.15) is 0 Å². The summed E-state index contributed by atoms with van der Waals surface area (Å²) >= 11 is 0. The molecule has 0 saturated carbocycles. The zero-order chi connectivity index (χ0) is 10.7. The van der Waals surface area contributed by atoms with Crippen LogP contribution in [0, 0.1) is 0 Å². The Hall–Kier alpha value is -1.54. The maximum absolute atomic E-state index is 5.76. The lowest BCUT2D eigenvalue weighted by atomic mass is 9.98. The molecule has 1 aromatic carbocycles. The van der Waals surface area contributed by atoms with Gasteiger partial charge >= 0.3 is 0 Å². The lowest BCUT2D eigenvalue weighted by Gasteiger charge is -2.11. The molecule has 0 bridgehead atoms. The molecule has 1 aromatic rings. The molecule has 4 N–H and O–H groups in total. The first-order valence-electron chi connectivity index (χ1n) is 5.21. The molecule has 78 valence electrons. The molecular weight excluding hydrogens is 184 g/mol. The van der Waals surface area contributed by atoms with E-state index in [1.165, 1.54) is 11.1 Å². The van der Waals surface area contributed by atoms with Gasteiger partial charge in [0, 0.05) is 11.7 Å². The number of nitrogen functional groups attached to an aromatic ring is 1. The molecule has 2 heteroatoms. The van der Waals surface area contributed by atoms with Crippen molar-refractivity contribution in [2.75, 3.05) is 5.73 Å². The highest BCUT2D eigenvalue weighted by molar-refractivity contribution is 5.41. The summed E-state index contributed by atoms with van der Waals surface area (Å²) in [4.78, 5) is 0. The van der Waals surface area contributed by atoms with Crippen molar-refractivity contribution in [1.82, 2.24) is 0 Å². The molecule has 0 amide bonds. The molecule has 15 heavy (non-hydrogen) atoms. The second-order valence-corrected chi connectivity index (χ2v) is 3.96. The van der Waals surface area contributed by atoms with E-state index >= 15 is 0 Å². The molecule has 0 aliphatic heterocycles. The summed E-state index contributed by atoms with van der Waals surface area (Å²) in [6.45, 7) is 0. The van der Waals surface area contributed by atoms with Gasteiger partial charge in [0.05, 0.1) is 0 Å². The number of benzene rings is 1. The van der Waals surface area contributed by atoms with Crippen LogP contribution in [0.5, 0.6) is 0 Å². The largest absolute Gasteiger partial charge is 0.399 e. The summed E-state index contributed by atoms with van der Waals surface area (Å²) in [5.74, 6) is 0. The van der Waals surface area contributed by atoms with Gasteiger partial charge in [-0.1, -0.05) is 30.4 Å². The van der Waals surface area contributed by atoms with Gasteiger partial charge in [-0.15, -0.1) is 0 Å². The quantitative estimate of drug-likeness (QED) is 0.718. The van der Waals surface area contributed by atoms with E-state index in [1.54, 1.807) is 0 Å². The lowest BCUT2D eigenvalue weighted by Crippen LogP contribution is -2.17. The fraction of sp³-hybridized carbons (Fsp3) is 0.231. The van der Waals surface area contributed by atoms with E-state index in [1.807, 2.05) is 12.1 Å². The van der Waals surface area contributed by atoms with Crippen molar-refractivity contribution in [2.45, 2.75) is 18.9 Å². The molecule has 2 nitrogen and oxygen atoms in total. The van der Waals surface area contributed by atoms with Crippen LogP contribution in [0.1, 0.15) is 12.0 Å². The molecule has 0 spiro atoms. The number of hydrogen-bond donors (Lipinski definition) is 2. The minimum absolute atomic E-state index is 0.195. The van der Waals surface area contributed by atoms with Gasteiger partial charge in [0.25, 0.3) is 0 Å². The topological polar surface area (TPSA) is 52.0 Å². The van der Waals surface area contributed by atoms with Gasteiger partial charge in [0.15, 0.2) is 0 Å². The summed E-state index contributed by atoms with van der Waals surface area (Å²) in [6.07, 6.45) is 8.29. The van der Waals surface area contributed by atoms with E-state index in [4.69, 9.17) is 11.5 Å². The van der Waals surface area contributed by atoms with Crippen LogP contribution in [-0.4, -0.2) is 6.04 Å². The van der Waals surface area contributed by atoms with E-state index in [0.717, 1.165) is 18.5 Å². The number of rotatable bonds is 2. The molecule has 0 radical (unpaired) electrons. The SMILES string of the molecule is Nc1ccc(CC2=CCC(N)C=C2)cc1. The van der Waals surface area contributed by atoms with Gasteiger partial charge in [-0.25, -0.2) is 0 Å². The molecule has 1 aliphatic rings. The fourth-order valence-electron chi connectivity index (χ4n) is 1.68. The molecule has 0 fully saturated rings. The fourth-order valence-corrected chi connectivity index (χ4v) is 1.68. The number of anilines is 1. The average molecular weight is 200 g/mol. The Labute approximate surface area is 90.3 Å².